The maximum Gasteiger partial charge on any atom is 0.250 e. The van der Waals surface area contributed by atoms with Crippen LogP contribution in [0, 0.1) is 0 Å². The maximum absolute atomic E-state index is 11.6. The molecule has 4 nitrogen and oxygen atoms in total. The molecule has 0 aromatic carbocycles. The summed E-state index contributed by atoms with van der Waals surface area (Å²) in [5.41, 5.74) is -0.0196. The van der Waals surface area contributed by atoms with Gasteiger partial charge in [-0.05, 0) is 28.9 Å². The predicted octanol–water partition coefficient (Wildman–Crippen LogP) is 1.88. The highest BCUT2D eigenvalue weighted by molar-refractivity contribution is 9.10. The van der Waals surface area contributed by atoms with E-state index in [0.29, 0.717) is 6.54 Å². The Kier molecular flexibility index (Phi) is 3.24. The zero-order valence-corrected chi connectivity index (χ0v) is 10.5. The van der Waals surface area contributed by atoms with E-state index in [2.05, 4.69) is 27.8 Å². The fraction of sp³-hybridized carbons (Fsp3) is 0.273. The summed E-state index contributed by atoms with van der Waals surface area (Å²) in [5, 5.41) is 0. The normalized spacial score (nSPS) is 10.6. The lowest BCUT2D eigenvalue weighted by Crippen LogP contribution is -2.20. The second-order valence-electron chi connectivity index (χ2n) is 3.44. The number of hydrogen-bond donors (Lipinski definition) is 0. The van der Waals surface area contributed by atoms with Crippen molar-refractivity contribution >= 4 is 15.9 Å². The van der Waals surface area contributed by atoms with Crippen LogP contribution in [0.15, 0.2) is 40.0 Å². The van der Waals surface area contributed by atoms with Crippen molar-refractivity contribution in [3.8, 4) is 0 Å². The summed E-state index contributed by atoms with van der Waals surface area (Å²) in [6.45, 7) is 3.41. The molecule has 0 saturated carbocycles. The summed E-state index contributed by atoms with van der Waals surface area (Å²) in [4.78, 5) is 15.8. The highest BCUT2D eigenvalue weighted by Gasteiger charge is 2.03. The molecule has 2 heterocycles. The molecule has 16 heavy (non-hydrogen) atoms. The Hall–Kier alpha value is -1.36. The van der Waals surface area contributed by atoms with Gasteiger partial charge in [0.2, 0.25) is 0 Å². The Balaban J connectivity index is 2.33. The van der Waals surface area contributed by atoms with Gasteiger partial charge in [0.25, 0.3) is 5.56 Å². The van der Waals surface area contributed by atoms with Crippen LogP contribution in [0.4, 0.5) is 0 Å². The second-order valence-corrected chi connectivity index (χ2v) is 4.36. The first kappa shape index (κ1) is 11.1. The van der Waals surface area contributed by atoms with Crippen LogP contribution in [0.5, 0.6) is 0 Å². The van der Waals surface area contributed by atoms with Gasteiger partial charge in [0.1, 0.15) is 5.82 Å². The van der Waals surface area contributed by atoms with Crippen LogP contribution in [-0.2, 0) is 13.1 Å². The summed E-state index contributed by atoms with van der Waals surface area (Å²) in [7, 11) is 0. The topological polar surface area (TPSA) is 39.8 Å². The van der Waals surface area contributed by atoms with Crippen LogP contribution in [-0.4, -0.2) is 14.1 Å². The van der Waals surface area contributed by atoms with Gasteiger partial charge < -0.3 is 9.13 Å². The summed E-state index contributed by atoms with van der Waals surface area (Å²) < 4.78 is 4.55. The molecule has 2 rings (SSSR count). The zero-order valence-electron chi connectivity index (χ0n) is 8.93. The lowest BCUT2D eigenvalue weighted by atomic mass is 10.4. The van der Waals surface area contributed by atoms with E-state index in [1.807, 2.05) is 10.8 Å². The average molecular weight is 282 g/mol. The van der Waals surface area contributed by atoms with Crippen LogP contribution in [0.1, 0.15) is 12.7 Å². The van der Waals surface area contributed by atoms with E-state index in [0.717, 1.165) is 16.8 Å². The molecular formula is C11H12BrN3O. The van der Waals surface area contributed by atoms with Gasteiger partial charge in [0.05, 0.1) is 6.54 Å². The summed E-state index contributed by atoms with van der Waals surface area (Å²) >= 11 is 3.35. The molecule has 0 aliphatic carbocycles. The molecule has 0 spiro atoms. The molecule has 0 aliphatic heterocycles. The first-order valence-corrected chi connectivity index (χ1v) is 5.86. The third-order valence-corrected chi connectivity index (χ3v) is 2.87. The van der Waals surface area contributed by atoms with Gasteiger partial charge in [-0.1, -0.05) is 0 Å². The van der Waals surface area contributed by atoms with Crippen LogP contribution >= 0.6 is 15.9 Å². The number of rotatable bonds is 3. The van der Waals surface area contributed by atoms with Crippen molar-refractivity contribution in [1.82, 2.24) is 14.1 Å². The van der Waals surface area contributed by atoms with E-state index in [4.69, 9.17) is 0 Å². The van der Waals surface area contributed by atoms with Gasteiger partial charge in [-0.3, -0.25) is 4.79 Å². The van der Waals surface area contributed by atoms with Gasteiger partial charge in [-0.2, -0.15) is 0 Å². The van der Waals surface area contributed by atoms with Gasteiger partial charge in [-0.15, -0.1) is 0 Å². The van der Waals surface area contributed by atoms with Gasteiger partial charge in [0.15, 0.2) is 0 Å². The Morgan fingerprint density at radius 2 is 2.19 bits per heavy atom. The smallest absolute Gasteiger partial charge is 0.250 e. The molecular weight excluding hydrogens is 270 g/mol. The fourth-order valence-electron chi connectivity index (χ4n) is 1.56. The zero-order chi connectivity index (χ0) is 11.5. The Labute approximate surface area is 102 Å². The number of aryl methyl sites for hydroxylation is 1. The molecule has 0 fully saturated rings. The average Bonchev–Trinajstić information content (AvgIpc) is 2.71. The molecule has 84 valence electrons. The first-order valence-electron chi connectivity index (χ1n) is 5.06. The van der Waals surface area contributed by atoms with Crippen molar-refractivity contribution in [3.63, 3.8) is 0 Å². The third-order valence-electron chi connectivity index (χ3n) is 2.40. The lowest BCUT2D eigenvalue weighted by molar-refractivity contribution is 0.638. The highest BCUT2D eigenvalue weighted by Crippen LogP contribution is 2.06. The van der Waals surface area contributed by atoms with Crippen molar-refractivity contribution in [2.24, 2.45) is 0 Å². The quantitative estimate of drug-likeness (QED) is 0.862. The SMILES string of the molecule is CCn1ccnc1Cn1cc(Br)ccc1=O. The van der Waals surface area contributed by atoms with E-state index in [9.17, 15) is 4.79 Å². The van der Waals surface area contributed by atoms with Gasteiger partial charge >= 0.3 is 0 Å². The first-order chi connectivity index (χ1) is 7.70. The van der Waals surface area contributed by atoms with E-state index < -0.39 is 0 Å². The van der Waals surface area contributed by atoms with Gasteiger partial charge in [0, 0.05) is 35.7 Å². The van der Waals surface area contributed by atoms with Gasteiger partial charge in [-0.25, -0.2) is 4.98 Å². The molecule has 2 aromatic rings. The van der Waals surface area contributed by atoms with E-state index >= 15 is 0 Å². The van der Waals surface area contributed by atoms with Crippen molar-refractivity contribution in [1.29, 1.82) is 0 Å². The Morgan fingerprint density at radius 3 is 2.94 bits per heavy atom. The third kappa shape index (κ3) is 2.24. The number of halogens is 1. The number of aromatic nitrogens is 3. The number of pyridine rings is 1. The number of imidazole rings is 1. The molecule has 5 heteroatoms. The standard InChI is InChI=1S/C11H12BrN3O/c1-2-14-6-5-13-10(14)8-15-7-9(12)3-4-11(15)16/h3-7H,2,8H2,1H3. The van der Waals surface area contributed by atoms with E-state index in [1.54, 1.807) is 29.1 Å². The van der Waals surface area contributed by atoms with Crippen molar-refractivity contribution in [2.75, 3.05) is 0 Å². The number of nitrogens with zero attached hydrogens (tertiary/aromatic N) is 3. The summed E-state index contributed by atoms with van der Waals surface area (Å²) in [5.74, 6) is 0.891. The Bertz CT molecular complexity index is 544. The minimum absolute atomic E-state index is 0.0196. The summed E-state index contributed by atoms with van der Waals surface area (Å²) in [6, 6.07) is 3.29. The molecule has 0 N–H and O–H groups in total. The van der Waals surface area contributed by atoms with Crippen molar-refractivity contribution < 1.29 is 0 Å². The van der Waals surface area contributed by atoms with Crippen LogP contribution < -0.4 is 5.56 Å². The molecule has 0 radical (unpaired) electrons. The summed E-state index contributed by atoms with van der Waals surface area (Å²) in [6.07, 6.45) is 5.44. The van der Waals surface area contributed by atoms with Crippen LogP contribution in [0.3, 0.4) is 0 Å². The Morgan fingerprint density at radius 1 is 1.38 bits per heavy atom. The van der Waals surface area contributed by atoms with E-state index in [-0.39, 0.29) is 5.56 Å². The molecule has 0 unspecified atom stereocenters. The monoisotopic (exact) mass is 281 g/mol. The minimum Gasteiger partial charge on any atom is -0.334 e. The molecule has 0 bridgehead atoms. The van der Waals surface area contributed by atoms with Crippen molar-refractivity contribution in [2.45, 2.75) is 20.0 Å². The fourth-order valence-corrected chi connectivity index (χ4v) is 1.94. The van der Waals surface area contributed by atoms with Crippen molar-refractivity contribution in [3.05, 3.63) is 51.4 Å². The second kappa shape index (κ2) is 4.65. The van der Waals surface area contributed by atoms with E-state index in [1.165, 1.54) is 0 Å². The molecule has 0 saturated heterocycles. The highest BCUT2D eigenvalue weighted by atomic mass is 79.9. The molecule has 0 amide bonds. The lowest BCUT2D eigenvalue weighted by Gasteiger charge is -2.07. The van der Waals surface area contributed by atoms with Crippen LogP contribution in [0.25, 0.3) is 0 Å². The predicted molar refractivity (Wildman–Crippen MR) is 65.4 cm³/mol. The largest absolute Gasteiger partial charge is 0.334 e. The molecule has 2 aromatic heterocycles. The molecule has 0 aliphatic rings. The molecule has 0 atom stereocenters. The van der Waals surface area contributed by atoms with Crippen LogP contribution in [0.2, 0.25) is 0 Å². The number of hydrogen-bond acceptors (Lipinski definition) is 2. The maximum atomic E-state index is 11.6. The minimum atomic E-state index is -0.0196.